The lowest BCUT2D eigenvalue weighted by atomic mass is 10.5. The molecule has 0 saturated carbocycles. The van der Waals surface area contributed by atoms with Gasteiger partial charge in [0.2, 0.25) is 0 Å². The highest BCUT2D eigenvalue weighted by atomic mass is 79.9. The lowest BCUT2D eigenvalue weighted by Gasteiger charge is -1.72. The van der Waals surface area contributed by atoms with Crippen molar-refractivity contribution in [1.29, 1.82) is 5.26 Å². The summed E-state index contributed by atoms with van der Waals surface area (Å²) in [6, 6.07) is 3.30. The second-order valence-corrected chi connectivity index (χ2v) is 3.20. The maximum atomic E-state index is 12.3. The minimum absolute atomic E-state index is 0.341. The zero-order valence-electron chi connectivity index (χ0n) is 4.19. The quantitative estimate of drug-likeness (QED) is 0.639. The fourth-order valence-corrected chi connectivity index (χ4v) is 1.60. The smallest absolute Gasteiger partial charge is 0.191 e. The van der Waals surface area contributed by atoms with E-state index in [1.165, 1.54) is 6.07 Å². The molecule has 0 amide bonds. The topological polar surface area (TPSA) is 23.8 Å². The molecule has 0 aliphatic rings. The molecule has 1 nitrogen and oxygen atoms in total. The van der Waals surface area contributed by atoms with Crippen molar-refractivity contribution in [3.8, 4) is 6.07 Å². The van der Waals surface area contributed by atoms with Crippen LogP contribution in [0.5, 0.6) is 0 Å². The third kappa shape index (κ3) is 1.29. The van der Waals surface area contributed by atoms with Crippen LogP contribution in [0.1, 0.15) is 4.88 Å². The molecule has 0 saturated heterocycles. The van der Waals surface area contributed by atoms with Crippen LogP contribution in [0.4, 0.5) is 4.39 Å². The van der Waals surface area contributed by atoms with Crippen molar-refractivity contribution in [3.63, 3.8) is 0 Å². The summed E-state index contributed by atoms with van der Waals surface area (Å²) < 4.78 is 12.7. The Balaban J connectivity index is 3.16. The average molecular weight is 206 g/mol. The van der Waals surface area contributed by atoms with E-state index >= 15 is 0 Å². The lowest BCUT2D eigenvalue weighted by molar-refractivity contribution is 0.651. The molecule has 1 aromatic heterocycles. The fraction of sp³-hybridized carbons (Fsp3) is 0. The number of halogens is 2. The van der Waals surface area contributed by atoms with Crippen LogP contribution in [0.15, 0.2) is 10.5 Å². The van der Waals surface area contributed by atoms with Crippen LogP contribution in [0, 0.1) is 16.5 Å². The maximum absolute atomic E-state index is 12.3. The molecule has 0 N–H and O–H groups in total. The van der Waals surface area contributed by atoms with Crippen molar-refractivity contribution < 1.29 is 4.39 Å². The Kier molecular flexibility index (Phi) is 1.84. The standard InChI is InChI=1S/C5HBrFNS/c6-4-1-3(2-8)9-5(4)7/h1H. The number of thiophene rings is 1. The second-order valence-electron chi connectivity index (χ2n) is 1.34. The maximum Gasteiger partial charge on any atom is 0.191 e. The van der Waals surface area contributed by atoms with E-state index in [1.54, 1.807) is 0 Å². The van der Waals surface area contributed by atoms with E-state index in [1.807, 2.05) is 6.07 Å². The third-order valence-electron chi connectivity index (χ3n) is 0.755. The zero-order valence-corrected chi connectivity index (χ0v) is 6.59. The summed E-state index contributed by atoms with van der Waals surface area (Å²) >= 11 is 3.78. The van der Waals surface area contributed by atoms with Gasteiger partial charge in [-0.05, 0) is 22.0 Å². The van der Waals surface area contributed by atoms with E-state index in [9.17, 15) is 4.39 Å². The molecular formula is C5HBrFNS. The average Bonchev–Trinajstić information content (AvgIpc) is 2.13. The molecule has 1 rings (SSSR count). The first kappa shape index (κ1) is 6.72. The molecular weight excluding hydrogens is 205 g/mol. The third-order valence-corrected chi connectivity index (χ3v) is 2.42. The van der Waals surface area contributed by atoms with Gasteiger partial charge in [0.1, 0.15) is 10.9 Å². The van der Waals surface area contributed by atoms with Gasteiger partial charge in [-0.3, -0.25) is 0 Å². The summed E-state index contributed by atoms with van der Waals surface area (Å²) in [5, 5.41) is 7.91. The van der Waals surface area contributed by atoms with Crippen molar-refractivity contribution >= 4 is 27.3 Å². The Morgan fingerprint density at radius 1 is 1.78 bits per heavy atom. The summed E-state index contributed by atoms with van der Waals surface area (Å²) in [7, 11) is 0. The highest BCUT2D eigenvalue weighted by Crippen LogP contribution is 2.24. The minimum Gasteiger partial charge on any atom is -0.194 e. The Labute approximate surface area is 63.9 Å². The van der Waals surface area contributed by atoms with Gasteiger partial charge < -0.3 is 0 Å². The van der Waals surface area contributed by atoms with Gasteiger partial charge in [-0.1, -0.05) is 11.3 Å². The monoisotopic (exact) mass is 205 g/mol. The molecule has 0 atom stereocenters. The summed E-state index contributed by atoms with van der Waals surface area (Å²) in [4.78, 5) is 0.388. The predicted octanol–water partition coefficient (Wildman–Crippen LogP) is 2.52. The van der Waals surface area contributed by atoms with Crippen LogP contribution in [-0.2, 0) is 0 Å². The second kappa shape index (κ2) is 2.46. The summed E-state index contributed by atoms with van der Waals surface area (Å²) in [5.41, 5.74) is 0. The summed E-state index contributed by atoms with van der Waals surface area (Å²) in [6.45, 7) is 0. The SMILES string of the molecule is N#Cc1cc(Br)c(F)s1. The Morgan fingerprint density at radius 3 is 2.67 bits per heavy atom. The molecule has 0 unspecified atom stereocenters. The molecule has 9 heavy (non-hydrogen) atoms. The highest BCUT2D eigenvalue weighted by molar-refractivity contribution is 9.10. The van der Waals surface area contributed by atoms with Gasteiger partial charge in [-0.25, -0.2) is 0 Å². The molecule has 0 fully saturated rings. The van der Waals surface area contributed by atoms with Crippen LogP contribution < -0.4 is 0 Å². The number of nitrogens with zero attached hydrogens (tertiary/aromatic N) is 1. The van der Waals surface area contributed by atoms with Gasteiger partial charge >= 0.3 is 0 Å². The molecule has 46 valence electrons. The van der Waals surface area contributed by atoms with E-state index in [0.717, 1.165) is 11.3 Å². The largest absolute Gasteiger partial charge is 0.194 e. The van der Waals surface area contributed by atoms with Crippen molar-refractivity contribution in [2.75, 3.05) is 0 Å². The minimum atomic E-state index is -0.341. The molecule has 1 aromatic rings. The Bertz CT molecular complexity index is 243. The van der Waals surface area contributed by atoms with Crippen molar-refractivity contribution in [2.24, 2.45) is 0 Å². The first-order valence-electron chi connectivity index (χ1n) is 2.09. The zero-order chi connectivity index (χ0) is 6.85. The summed E-state index contributed by atoms with van der Waals surface area (Å²) in [6.07, 6.45) is 0. The molecule has 0 aliphatic carbocycles. The molecule has 0 spiro atoms. The van der Waals surface area contributed by atoms with Crippen LogP contribution in [0.2, 0.25) is 0 Å². The van der Waals surface area contributed by atoms with Gasteiger partial charge in [0.25, 0.3) is 0 Å². The highest BCUT2D eigenvalue weighted by Gasteiger charge is 2.03. The van der Waals surface area contributed by atoms with Gasteiger partial charge in [0, 0.05) is 0 Å². The number of rotatable bonds is 0. The van der Waals surface area contributed by atoms with Gasteiger partial charge in [0.05, 0.1) is 4.47 Å². The van der Waals surface area contributed by atoms with E-state index in [0.29, 0.717) is 9.35 Å². The molecule has 1 heterocycles. The van der Waals surface area contributed by atoms with Gasteiger partial charge in [-0.15, -0.1) is 0 Å². The van der Waals surface area contributed by atoms with Crippen LogP contribution in [0.25, 0.3) is 0 Å². The Hall–Kier alpha value is -0.400. The first-order valence-corrected chi connectivity index (χ1v) is 3.70. The molecule has 0 aliphatic heterocycles. The predicted molar refractivity (Wildman–Crippen MR) is 36.7 cm³/mol. The molecule has 0 bridgehead atoms. The van der Waals surface area contributed by atoms with E-state index < -0.39 is 0 Å². The normalized spacial score (nSPS) is 9.00. The molecule has 0 aromatic carbocycles. The lowest BCUT2D eigenvalue weighted by Crippen LogP contribution is -1.55. The van der Waals surface area contributed by atoms with Crippen LogP contribution >= 0.6 is 27.3 Å². The van der Waals surface area contributed by atoms with E-state index in [-0.39, 0.29) is 5.13 Å². The number of hydrogen-bond donors (Lipinski definition) is 0. The first-order chi connectivity index (χ1) is 4.24. The van der Waals surface area contributed by atoms with Gasteiger partial charge in [0.15, 0.2) is 5.13 Å². The summed E-state index contributed by atoms with van der Waals surface area (Å²) in [5.74, 6) is 0. The molecule has 4 heteroatoms. The van der Waals surface area contributed by atoms with Crippen molar-refractivity contribution in [2.45, 2.75) is 0 Å². The van der Waals surface area contributed by atoms with Gasteiger partial charge in [-0.2, -0.15) is 9.65 Å². The number of nitriles is 1. The van der Waals surface area contributed by atoms with Crippen molar-refractivity contribution in [3.05, 3.63) is 20.5 Å². The van der Waals surface area contributed by atoms with Crippen molar-refractivity contribution in [1.82, 2.24) is 0 Å². The van der Waals surface area contributed by atoms with Crippen LogP contribution in [-0.4, -0.2) is 0 Å². The van der Waals surface area contributed by atoms with E-state index in [2.05, 4.69) is 15.9 Å². The van der Waals surface area contributed by atoms with Crippen LogP contribution in [0.3, 0.4) is 0 Å². The Morgan fingerprint density at radius 2 is 2.44 bits per heavy atom. The number of hydrogen-bond acceptors (Lipinski definition) is 2. The molecule has 0 radical (unpaired) electrons. The fourth-order valence-electron chi connectivity index (χ4n) is 0.402. The van der Waals surface area contributed by atoms with E-state index in [4.69, 9.17) is 5.26 Å².